The number of hydrogen-bond donors (Lipinski definition) is 2. The molecule has 2 aromatic heterocycles. The van der Waals surface area contributed by atoms with E-state index in [2.05, 4.69) is 10.4 Å². The van der Waals surface area contributed by atoms with E-state index in [-0.39, 0.29) is 0 Å². The van der Waals surface area contributed by atoms with E-state index in [1.54, 1.807) is 16.9 Å². The van der Waals surface area contributed by atoms with Gasteiger partial charge >= 0.3 is 6.03 Å². The van der Waals surface area contributed by atoms with E-state index >= 15 is 0 Å². The number of carbonyl (C=O) groups is 1. The largest absolute Gasteiger partial charge is 0.351 e. The maximum Gasteiger partial charge on any atom is 0.316 e. The number of nitrogens with two attached hydrogens (primary N) is 1. The molecule has 0 saturated carbocycles. The lowest BCUT2D eigenvalue weighted by Gasteiger charge is -1.97. The van der Waals surface area contributed by atoms with Crippen LogP contribution in [-0.2, 0) is 0 Å². The van der Waals surface area contributed by atoms with Crippen LogP contribution in [-0.4, -0.2) is 15.6 Å². The molecule has 13 heavy (non-hydrogen) atoms. The Balaban J connectivity index is 2.51. The quantitative estimate of drug-likeness (QED) is 0.675. The normalized spacial score (nSPS) is 10.2. The Morgan fingerprint density at radius 2 is 2.38 bits per heavy atom. The van der Waals surface area contributed by atoms with Gasteiger partial charge in [-0.25, -0.2) is 9.31 Å². The van der Waals surface area contributed by atoms with E-state index in [0.29, 0.717) is 5.69 Å². The molecule has 5 heteroatoms. The van der Waals surface area contributed by atoms with Crippen molar-refractivity contribution in [2.24, 2.45) is 5.73 Å². The number of urea groups is 1. The lowest BCUT2D eigenvalue weighted by molar-refractivity contribution is 0.259. The van der Waals surface area contributed by atoms with E-state index in [1.807, 2.05) is 18.2 Å². The number of hydrogen-bond acceptors (Lipinski definition) is 2. The summed E-state index contributed by atoms with van der Waals surface area (Å²) >= 11 is 0. The van der Waals surface area contributed by atoms with Gasteiger partial charge in [0, 0.05) is 6.20 Å². The zero-order valence-corrected chi connectivity index (χ0v) is 6.77. The van der Waals surface area contributed by atoms with E-state index < -0.39 is 6.03 Å². The molecule has 0 atom stereocenters. The Hall–Kier alpha value is -2.04. The van der Waals surface area contributed by atoms with Crippen molar-refractivity contribution >= 4 is 17.2 Å². The topological polar surface area (TPSA) is 72.4 Å². The number of primary amides is 1. The van der Waals surface area contributed by atoms with Crippen LogP contribution in [0.25, 0.3) is 5.52 Å². The van der Waals surface area contributed by atoms with Gasteiger partial charge in [-0.2, -0.15) is 5.10 Å². The highest BCUT2D eigenvalue weighted by Gasteiger charge is 2.03. The van der Waals surface area contributed by atoms with Crippen LogP contribution in [0.2, 0.25) is 0 Å². The Labute approximate surface area is 74.2 Å². The monoisotopic (exact) mass is 176 g/mol. The number of pyridine rings is 1. The van der Waals surface area contributed by atoms with E-state index in [9.17, 15) is 4.79 Å². The van der Waals surface area contributed by atoms with Gasteiger partial charge in [0.2, 0.25) is 0 Å². The molecule has 0 aliphatic carbocycles. The lowest BCUT2D eigenvalue weighted by Crippen LogP contribution is -2.18. The van der Waals surface area contributed by atoms with Crippen LogP contribution < -0.4 is 11.1 Å². The summed E-state index contributed by atoms with van der Waals surface area (Å²) in [5.41, 5.74) is 6.43. The van der Waals surface area contributed by atoms with Gasteiger partial charge in [-0.05, 0) is 12.1 Å². The molecule has 0 saturated heterocycles. The molecular weight excluding hydrogens is 168 g/mol. The number of aromatic nitrogens is 2. The van der Waals surface area contributed by atoms with Crippen LogP contribution in [0.4, 0.5) is 10.5 Å². The Bertz CT molecular complexity index is 448. The third-order valence-electron chi connectivity index (χ3n) is 1.68. The number of anilines is 1. The number of nitrogens with one attached hydrogen (secondary N) is 1. The molecule has 0 bridgehead atoms. The minimum Gasteiger partial charge on any atom is -0.351 e. The van der Waals surface area contributed by atoms with Crippen molar-refractivity contribution in [1.82, 2.24) is 9.61 Å². The summed E-state index contributed by atoms with van der Waals surface area (Å²) in [5.74, 6) is 0. The van der Waals surface area contributed by atoms with E-state index in [1.165, 1.54) is 0 Å². The number of carbonyl (C=O) groups excluding carboxylic acids is 1. The molecule has 0 aliphatic rings. The zero-order valence-electron chi connectivity index (χ0n) is 6.77. The molecule has 0 fully saturated rings. The van der Waals surface area contributed by atoms with Gasteiger partial charge in [-0.1, -0.05) is 6.07 Å². The first kappa shape index (κ1) is 7.60. The van der Waals surface area contributed by atoms with Gasteiger partial charge in [0.15, 0.2) is 0 Å². The summed E-state index contributed by atoms with van der Waals surface area (Å²) in [7, 11) is 0. The van der Waals surface area contributed by atoms with Crippen LogP contribution in [0.5, 0.6) is 0 Å². The highest BCUT2D eigenvalue weighted by molar-refractivity contribution is 5.92. The molecule has 3 N–H and O–H groups in total. The van der Waals surface area contributed by atoms with Gasteiger partial charge in [0.1, 0.15) is 0 Å². The van der Waals surface area contributed by atoms with Crippen LogP contribution >= 0.6 is 0 Å². The summed E-state index contributed by atoms with van der Waals surface area (Å²) in [6, 6.07) is 4.98. The van der Waals surface area contributed by atoms with Crippen LogP contribution in [0, 0.1) is 0 Å². The summed E-state index contributed by atoms with van der Waals surface area (Å²) in [5, 5.41) is 6.50. The molecule has 0 radical (unpaired) electrons. The molecule has 0 spiro atoms. The summed E-state index contributed by atoms with van der Waals surface area (Å²) in [6.45, 7) is 0. The fourth-order valence-electron chi connectivity index (χ4n) is 1.16. The van der Waals surface area contributed by atoms with Gasteiger partial charge in [-0.3, -0.25) is 0 Å². The molecule has 0 unspecified atom stereocenters. The molecule has 2 amide bonds. The fraction of sp³-hybridized carbons (Fsp3) is 0. The Morgan fingerprint density at radius 1 is 1.54 bits per heavy atom. The summed E-state index contributed by atoms with van der Waals surface area (Å²) in [4.78, 5) is 10.6. The summed E-state index contributed by atoms with van der Waals surface area (Å²) in [6.07, 6.45) is 3.35. The number of fused-ring (bicyclic) bond motifs is 1. The maximum absolute atomic E-state index is 10.6. The first-order valence-electron chi connectivity index (χ1n) is 3.76. The highest BCUT2D eigenvalue weighted by Crippen LogP contribution is 2.14. The Kier molecular flexibility index (Phi) is 1.63. The zero-order chi connectivity index (χ0) is 9.26. The molecule has 2 heterocycles. The van der Waals surface area contributed by atoms with E-state index in [4.69, 9.17) is 5.73 Å². The highest BCUT2D eigenvalue weighted by atomic mass is 16.2. The summed E-state index contributed by atoms with van der Waals surface area (Å²) < 4.78 is 1.66. The second-order valence-electron chi connectivity index (χ2n) is 2.58. The average Bonchev–Trinajstić information content (AvgIpc) is 2.48. The smallest absolute Gasteiger partial charge is 0.316 e. The molecule has 2 rings (SSSR count). The van der Waals surface area contributed by atoms with Crippen molar-refractivity contribution in [3.63, 3.8) is 0 Å². The molecular formula is C8H8N4O. The predicted octanol–water partition coefficient (Wildman–Crippen LogP) is 0.825. The number of rotatable bonds is 1. The molecule has 2 aromatic rings. The number of nitrogens with zero attached hydrogens (tertiary/aromatic N) is 2. The van der Waals surface area contributed by atoms with Crippen LogP contribution in [0.15, 0.2) is 30.6 Å². The fourth-order valence-corrected chi connectivity index (χ4v) is 1.16. The molecule has 66 valence electrons. The SMILES string of the molecule is NC(=O)Nc1cnn2ccccc12. The van der Waals surface area contributed by atoms with Crippen LogP contribution in [0.1, 0.15) is 0 Å². The third-order valence-corrected chi connectivity index (χ3v) is 1.68. The van der Waals surface area contributed by atoms with Crippen molar-refractivity contribution in [3.05, 3.63) is 30.6 Å². The van der Waals surface area contributed by atoms with E-state index in [0.717, 1.165) is 5.52 Å². The van der Waals surface area contributed by atoms with Gasteiger partial charge in [-0.15, -0.1) is 0 Å². The van der Waals surface area contributed by atoms with Crippen molar-refractivity contribution in [2.75, 3.05) is 5.32 Å². The van der Waals surface area contributed by atoms with Gasteiger partial charge in [0.05, 0.1) is 17.4 Å². The molecule has 0 aliphatic heterocycles. The molecule has 0 aromatic carbocycles. The predicted molar refractivity (Wildman–Crippen MR) is 48.4 cm³/mol. The van der Waals surface area contributed by atoms with Crippen LogP contribution in [0.3, 0.4) is 0 Å². The van der Waals surface area contributed by atoms with Gasteiger partial charge in [0.25, 0.3) is 0 Å². The van der Waals surface area contributed by atoms with Crippen molar-refractivity contribution in [2.45, 2.75) is 0 Å². The van der Waals surface area contributed by atoms with Crippen molar-refractivity contribution < 1.29 is 4.79 Å². The van der Waals surface area contributed by atoms with Crippen molar-refractivity contribution in [1.29, 1.82) is 0 Å². The second kappa shape index (κ2) is 2.78. The first-order chi connectivity index (χ1) is 6.27. The van der Waals surface area contributed by atoms with Gasteiger partial charge < -0.3 is 11.1 Å². The molecule has 5 nitrogen and oxygen atoms in total. The standard InChI is InChI=1S/C8H8N4O/c9-8(13)11-6-5-10-12-4-2-1-3-7(6)12/h1-5H,(H3,9,11,13). The first-order valence-corrected chi connectivity index (χ1v) is 3.76. The average molecular weight is 176 g/mol. The Morgan fingerprint density at radius 3 is 3.15 bits per heavy atom. The number of amides is 2. The van der Waals surface area contributed by atoms with Crippen molar-refractivity contribution in [3.8, 4) is 0 Å². The maximum atomic E-state index is 10.6. The second-order valence-corrected chi connectivity index (χ2v) is 2.58. The minimum atomic E-state index is -0.584. The third kappa shape index (κ3) is 1.31. The lowest BCUT2D eigenvalue weighted by atomic mass is 10.4. The minimum absolute atomic E-state index is 0.584.